The highest BCUT2D eigenvalue weighted by Gasteiger charge is 2.24. The lowest BCUT2D eigenvalue weighted by molar-refractivity contribution is 0.420. The van der Waals surface area contributed by atoms with Gasteiger partial charge in [-0.2, -0.15) is 0 Å². The quantitative estimate of drug-likeness (QED) is 0.807. The van der Waals surface area contributed by atoms with Crippen molar-refractivity contribution < 1.29 is 0 Å². The maximum atomic E-state index is 4.49. The first kappa shape index (κ1) is 12.0. The zero-order chi connectivity index (χ0) is 12.4. The standard InChI is InChI=1S/C14H24N4/c1-17-13(12-8-4-2-5-9-12)15-16-14(17)18-10-6-3-7-11-18/h12H,2-11H2,1H3. The lowest BCUT2D eigenvalue weighted by Gasteiger charge is -2.27. The van der Waals surface area contributed by atoms with Gasteiger partial charge in [0.25, 0.3) is 0 Å². The van der Waals surface area contributed by atoms with E-state index in [0.717, 1.165) is 19.0 Å². The molecular formula is C14H24N4. The van der Waals surface area contributed by atoms with Crippen LogP contribution in [0.5, 0.6) is 0 Å². The summed E-state index contributed by atoms with van der Waals surface area (Å²) < 4.78 is 2.25. The Morgan fingerprint density at radius 1 is 0.889 bits per heavy atom. The lowest BCUT2D eigenvalue weighted by atomic mass is 9.89. The van der Waals surface area contributed by atoms with Gasteiger partial charge in [0.2, 0.25) is 5.95 Å². The van der Waals surface area contributed by atoms with Gasteiger partial charge in [0.05, 0.1) is 0 Å². The minimum atomic E-state index is 0.648. The van der Waals surface area contributed by atoms with Crippen LogP contribution in [0.4, 0.5) is 5.95 Å². The van der Waals surface area contributed by atoms with Crippen molar-refractivity contribution in [2.75, 3.05) is 18.0 Å². The predicted octanol–water partition coefficient (Wildman–Crippen LogP) is 2.85. The fourth-order valence-corrected chi connectivity index (χ4v) is 3.42. The molecule has 1 aliphatic carbocycles. The Labute approximate surface area is 109 Å². The average molecular weight is 248 g/mol. The number of piperidine rings is 1. The van der Waals surface area contributed by atoms with Crippen LogP contribution in [0.25, 0.3) is 0 Å². The second kappa shape index (κ2) is 5.29. The number of aromatic nitrogens is 3. The molecule has 0 unspecified atom stereocenters. The second-order valence-corrected chi connectivity index (χ2v) is 5.80. The van der Waals surface area contributed by atoms with E-state index in [1.54, 1.807) is 0 Å². The summed E-state index contributed by atoms with van der Waals surface area (Å²) in [5.41, 5.74) is 0. The summed E-state index contributed by atoms with van der Waals surface area (Å²) >= 11 is 0. The number of hydrogen-bond acceptors (Lipinski definition) is 3. The molecule has 1 saturated carbocycles. The van der Waals surface area contributed by atoms with Gasteiger partial charge in [-0.3, -0.25) is 0 Å². The summed E-state index contributed by atoms with van der Waals surface area (Å²) in [4.78, 5) is 2.41. The van der Waals surface area contributed by atoms with Crippen molar-refractivity contribution >= 4 is 5.95 Å². The van der Waals surface area contributed by atoms with E-state index >= 15 is 0 Å². The van der Waals surface area contributed by atoms with Crippen LogP contribution in [0, 0.1) is 0 Å². The van der Waals surface area contributed by atoms with Crippen LogP contribution in [0.3, 0.4) is 0 Å². The molecular weight excluding hydrogens is 224 g/mol. The van der Waals surface area contributed by atoms with Gasteiger partial charge in [-0.25, -0.2) is 0 Å². The third-order valence-corrected chi connectivity index (χ3v) is 4.49. The van der Waals surface area contributed by atoms with E-state index in [2.05, 4.69) is 26.7 Å². The topological polar surface area (TPSA) is 34.0 Å². The van der Waals surface area contributed by atoms with Gasteiger partial charge in [0.1, 0.15) is 5.82 Å². The van der Waals surface area contributed by atoms with E-state index < -0.39 is 0 Å². The van der Waals surface area contributed by atoms with Crippen molar-refractivity contribution in [2.24, 2.45) is 7.05 Å². The molecule has 1 saturated heterocycles. The molecule has 3 rings (SSSR count). The normalized spacial score (nSPS) is 22.4. The summed E-state index contributed by atoms with van der Waals surface area (Å²) in [6.45, 7) is 2.30. The van der Waals surface area contributed by atoms with Crippen molar-refractivity contribution in [3.63, 3.8) is 0 Å². The van der Waals surface area contributed by atoms with E-state index in [1.807, 2.05) is 0 Å². The van der Waals surface area contributed by atoms with E-state index in [9.17, 15) is 0 Å². The molecule has 0 aromatic carbocycles. The molecule has 2 fully saturated rings. The largest absolute Gasteiger partial charge is 0.341 e. The minimum absolute atomic E-state index is 0.648. The zero-order valence-electron chi connectivity index (χ0n) is 11.4. The lowest BCUT2D eigenvalue weighted by Crippen LogP contribution is -2.31. The van der Waals surface area contributed by atoms with E-state index in [1.165, 1.54) is 57.2 Å². The van der Waals surface area contributed by atoms with Crippen LogP contribution in [0.1, 0.15) is 63.1 Å². The molecule has 4 nitrogen and oxygen atoms in total. The second-order valence-electron chi connectivity index (χ2n) is 5.80. The molecule has 0 N–H and O–H groups in total. The Morgan fingerprint density at radius 3 is 2.28 bits per heavy atom. The van der Waals surface area contributed by atoms with Gasteiger partial charge < -0.3 is 9.47 Å². The average Bonchev–Trinajstić information content (AvgIpc) is 2.83. The maximum Gasteiger partial charge on any atom is 0.226 e. The third-order valence-electron chi connectivity index (χ3n) is 4.49. The number of anilines is 1. The molecule has 1 aromatic rings. The van der Waals surface area contributed by atoms with Gasteiger partial charge in [-0.1, -0.05) is 19.3 Å². The van der Waals surface area contributed by atoms with Crippen molar-refractivity contribution in [1.82, 2.24) is 14.8 Å². The van der Waals surface area contributed by atoms with Crippen LogP contribution in [-0.4, -0.2) is 27.9 Å². The van der Waals surface area contributed by atoms with Crippen molar-refractivity contribution in [3.05, 3.63) is 5.82 Å². The minimum Gasteiger partial charge on any atom is -0.341 e. The van der Waals surface area contributed by atoms with Gasteiger partial charge in [0, 0.05) is 26.1 Å². The van der Waals surface area contributed by atoms with Crippen molar-refractivity contribution in [1.29, 1.82) is 0 Å². The highest BCUT2D eigenvalue weighted by atomic mass is 15.4. The Bertz CT molecular complexity index is 351. The van der Waals surface area contributed by atoms with E-state index in [4.69, 9.17) is 0 Å². The fraction of sp³-hybridized carbons (Fsp3) is 0.857. The molecule has 2 heterocycles. The number of rotatable bonds is 2. The molecule has 0 atom stereocenters. The molecule has 4 heteroatoms. The highest BCUT2D eigenvalue weighted by molar-refractivity contribution is 5.32. The first-order valence-corrected chi connectivity index (χ1v) is 7.50. The Kier molecular flexibility index (Phi) is 3.52. The molecule has 100 valence electrons. The Hall–Kier alpha value is -1.06. The van der Waals surface area contributed by atoms with Gasteiger partial charge in [-0.05, 0) is 32.1 Å². The molecule has 1 aromatic heterocycles. The first-order valence-electron chi connectivity index (χ1n) is 7.50. The first-order chi connectivity index (χ1) is 8.86. The van der Waals surface area contributed by atoms with Crippen molar-refractivity contribution in [2.45, 2.75) is 57.3 Å². The highest BCUT2D eigenvalue weighted by Crippen LogP contribution is 2.32. The molecule has 0 radical (unpaired) electrons. The smallest absolute Gasteiger partial charge is 0.226 e. The van der Waals surface area contributed by atoms with Gasteiger partial charge in [-0.15, -0.1) is 10.2 Å². The summed E-state index contributed by atoms with van der Waals surface area (Å²) in [5.74, 6) is 2.96. The molecule has 18 heavy (non-hydrogen) atoms. The van der Waals surface area contributed by atoms with Crippen molar-refractivity contribution in [3.8, 4) is 0 Å². The third kappa shape index (κ3) is 2.25. The Balaban J connectivity index is 1.78. The van der Waals surface area contributed by atoms with Gasteiger partial charge >= 0.3 is 0 Å². The van der Waals surface area contributed by atoms with Crippen LogP contribution in [0.15, 0.2) is 0 Å². The Morgan fingerprint density at radius 2 is 1.56 bits per heavy atom. The fourth-order valence-electron chi connectivity index (χ4n) is 3.42. The predicted molar refractivity (Wildman–Crippen MR) is 72.9 cm³/mol. The van der Waals surface area contributed by atoms with E-state index in [0.29, 0.717) is 5.92 Å². The van der Waals surface area contributed by atoms with Gasteiger partial charge in [0.15, 0.2) is 0 Å². The van der Waals surface area contributed by atoms with Crippen LogP contribution in [0.2, 0.25) is 0 Å². The summed E-state index contributed by atoms with van der Waals surface area (Å²) in [7, 11) is 2.15. The zero-order valence-corrected chi connectivity index (χ0v) is 11.4. The summed E-state index contributed by atoms with van der Waals surface area (Å²) in [5, 5.41) is 8.94. The molecule has 0 bridgehead atoms. The SMILES string of the molecule is Cn1c(C2CCCCC2)nnc1N1CCCCC1. The summed E-state index contributed by atoms with van der Waals surface area (Å²) in [6, 6.07) is 0. The number of hydrogen-bond donors (Lipinski definition) is 0. The number of nitrogens with zero attached hydrogens (tertiary/aromatic N) is 4. The van der Waals surface area contributed by atoms with Crippen LogP contribution in [-0.2, 0) is 7.05 Å². The molecule has 0 amide bonds. The van der Waals surface area contributed by atoms with Crippen LogP contribution < -0.4 is 4.90 Å². The molecule has 2 aliphatic rings. The maximum absolute atomic E-state index is 4.49. The van der Waals surface area contributed by atoms with Crippen LogP contribution >= 0.6 is 0 Å². The summed E-state index contributed by atoms with van der Waals surface area (Å²) in [6.07, 6.45) is 10.7. The molecule has 0 spiro atoms. The molecule has 1 aliphatic heterocycles. The van der Waals surface area contributed by atoms with E-state index in [-0.39, 0.29) is 0 Å². The monoisotopic (exact) mass is 248 g/mol.